The molecule has 7 nitrogen and oxygen atoms in total. The van der Waals surface area contributed by atoms with Crippen LogP contribution in [0.3, 0.4) is 0 Å². The average molecular weight is 354 g/mol. The van der Waals surface area contributed by atoms with E-state index < -0.39 is 0 Å². The van der Waals surface area contributed by atoms with E-state index in [1.165, 1.54) is 6.26 Å². The summed E-state index contributed by atoms with van der Waals surface area (Å²) in [6, 6.07) is 0.164. The molecule has 0 aliphatic heterocycles. The van der Waals surface area contributed by atoms with Crippen LogP contribution in [0.5, 0.6) is 0 Å². The van der Waals surface area contributed by atoms with Crippen molar-refractivity contribution in [3.05, 3.63) is 12.8 Å². The number of hydrogen-bond donors (Lipinski definition) is 2. The van der Waals surface area contributed by atoms with Gasteiger partial charge in [0.25, 0.3) is 5.91 Å². The Kier molecular flexibility index (Phi) is 10.6. The molecule has 0 saturated heterocycles. The van der Waals surface area contributed by atoms with Gasteiger partial charge in [0.2, 0.25) is 5.91 Å². The van der Waals surface area contributed by atoms with Crippen LogP contribution in [0.4, 0.5) is 0 Å². The number of amides is 2. The van der Waals surface area contributed by atoms with Crippen LogP contribution in [0.25, 0.3) is 0 Å². The number of hydrogen-bond acceptors (Lipinski definition) is 5. The third-order valence-electron chi connectivity index (χ3n) is 4.27. The molecule has 1 fully saturated rings. The average Bonchev–Trinajstić information content (AvgIpc) is 2.62. The third kappa shape index (κ3) is 9.24. The lowest BCUT2D eigenvalue weighted by molar-refractivity contribution is -0.125. The van der Waals surface area contributed by atoms with Crippen LogP contribution in [-0.2, 0) is 23.9 Å². The van der Waals surface area contributed by atoms with Crippen LogP contribution in [0.2, 0.25) is 0 Å². The molecule has 2 N–H and O–H groups in total. The highest BCUT2D eigenvalue weighted by Gasteiger charge is 2.25. The molecule has 0 spiro atoms. The molecule has 1 saturated carbocycles. The standard InChI is InChI=1S/C18H30N2O5/c1-3-16(21)14-5-7-15(8-6-14)20-17(22)9-11-25-12-10-19-18(23)13-24-4-2/h4,14-15H,2-3,5-13H2,1H3,(H,19,23)(H,20,22). The topological polar surface area (TPSA) is 93.7 Å². The van der Waals surface area contributed by atoms with E-state index in [0.717, 1.165) is 25.7 Å². The number of nitrogens with one attached hydrogen (secondary N) is 2. The minimum atomic E-state index is -0.238. The highest BCUT2D eigenvalue weighted by atomic mass is 16.5. The molecule has 0 bridgehead atoms. The smallest absolute Gasteiger partial charge is 0.257 e. The maximum atomic E-state index is 11.9. The Hall–Kier alpha value is -1.89. The second-order valence-corrected chi connectivity index (χ2v) is 6.13. The largest absolute Gasteiger partial charge is 0.492 e. The first kappa shape index (κ1) is 21.2. The van der Waals surface area contributed by atoms with Crippen molar-refractivity contribution >= 4 is 17.6 Å². The van der Waals surface area contributed by atoms with Crippen LogP contribution in [0.15, 0.2) is 12.8 Å². The molecule has 0 unspecified atom stereocenters. The molecule has 2 amide bonds. The number of Topliss-reactive ketones (excluding diaryl/α,β-unsaturated/α-hetero) is 1. The van der Waals surface area contributed by atoms with E-state index in [-0.39, 0.29) is 30.4 Å². The van der Waals surface area contributed by atoms with E-state index in [1.54, 1.807) is 0 Å². The Morgan fingerprint density at radius 2 is 1.84 bits per heavy atom. The van der Waals surface area contributed by atoms with Crippen LogP contribution >= 0.6 is 0 Å². The Morgan fingerprint density at radius 3 is 2.48 bits per heavy atom. The zero-order valence-electron chi connectivity index (χ0n) is 15.1. The predicted molar refractivity (Wildman–Crippen MR) is 93.8 cm³/mol. The first-order valence-electron chi connectivity index (χ1n) is 8.95. The summed E-state index contributed by atoms with van der Waals surface area (Å²) in [7, 11) is 0. The van der Waals surface area contributed by atoms with Gasteiger partial charge in [-0.3, -0.25) is 14.4 Å². The summed E-state index contributed by atoms with van der Waals surface area (Å²) in [5, 5.41) is 5.63. The Morgan fingerprint density at radius 1 is 1.12 bits per heavy atom. The molecule has 0 aromatic rings. The Labute approximate surface area is 149 Å². The molecule has 1 rings (SSSR count). The van der Waals surface area contributed by atoms with Crippen molar-refractivity contribution in [2.75, 3.05) is 26.4 Å². The van der Waals surface area contributed by atoms with Gasteiger partial charge in [-0.25, -0.2) is 0 Å². The van der Waals surface area contributed by atoms with Crippen LogP contribution in [0.1, 0.15) is 45.4 Å². The van der Waals surface area contributed by atoms with Gasteiger partial charge in [0.05, 0.1) is 19.5 Å². The summed E-state index contributed by atoms with van der Waals surface area (Å²) in [6.45, 7) is 6.22. The highest BCUT2D eigenvalue weighted by Crippen LogP contribution is 2.25. The Balaban J connectivity index is 2.02. The van der Waals surface area contributed by atoms with Gasteiger partial charge in [-0.2, -0.15) is 0 Å². The summed E-state index contributed by atoms with van der Waals surface area (Å²) >= 11 is 0. The van der Waals surface area contributed by atoms with Crippen LogP contribution < -0.4 is 10.6 Å². The van der Waals surface area contributed by atoms with Crippen molar-refractivity contribution in [3.8, 4) is 0 Å². The first-order chi connectivity index (χ1) is 12.1. The fraction of sp³-hybridized carbons (Fsp3) is 0.722. The van der Waals surface area contributed by atoms with Crippen molar-refractivity contribution in [1.82, 2.24) is 10.6 Å². The predicted octanol–water partition coefficient (Wildman–Crippen LogP) is 1.32. The van der Waals surface area contributed by atoms with Crippen molar-refractivity contribution in [1.29, 1.82) is 0 Å². The second kappa shape index (κ2) is 12.5. The Bertz CT molecular complexity index is 445. The molecular formula is C18H30N2O5. The number of ketones is 1. The van der Waals surface area contributed by atoms with Crippen molar-refractivity contribution in [2.24, 2.45) is 5.92 Å². The molecule has 0 aromatic heterocycles. The molecule has 0 radical (unpaired) electrons. The molecule has 25 heavy (non-hydrogen) atoms. The monoisotopic (exact) mass is 354 g/mol. The molecule has 1 aliphatic carbocycles. The number of ether oxygens (including phenoxy) is 2. The minimum absolute atomic E-state index is 0.0336. The SMILES string of the molecule is C=COCC(=O)NCCOCCC(=O)NC1CCC(C(=O)CC)CC1. The summed E-state index contributed by atoms with van der Waals surface area (Å²) in [5.41, 5.74) is 0. The number of rotatable bonds is 12. The second-order valence-electron chi connectivity index (χ2n) is 6.13. The van der Waals surface area contributed by atoms with Crippen molar-refractivity contribution < 1.29 is 23.9 Å². The molecule has 7 heteroatoms. The van der Waals surface area contributed by atoms with Crippen LogP contribution in [-0.4, -0.2) is 50.0 Å². The van der Waals surface area contributed by atoms with Crippen molar-refractivity contribution in [2.45, 2.75) is 51.5 Å². The van der Waals surface area contributed by atoms with Gasteiger partial charge in [0.15, 0.2) is 6.61 Å². The van der Waals surface area contributed by atoms with E-state index >= 15 is 0 Å². The fourth-order valence-electron chi connectivity index (χ4n) is 2.86. The maximum Gasteiger partial charge on any atom is 0.257 e. The quantitative estimate of drug-likeness (QED) is 0.407. The number of carbonyl (C=O) groups is 3. The third-order valence-corrected chi connectivity index (χ3v) is 4.27. The van der Waals surface area contributed by atoms with Crippen LogP contribution in [0, 0.1) is 5.92 Å². The normalized spacial score (nSPS) is 19.7. The zero-order valence-corrected chi connectivity index (χ0v) is 15.1. The van der Waals surface area contributed by atoms with E-state index in [9.17, 15) is 14.4 Å². The summed E-state index contributed by atoms with van der Waals surface area (Å²) in [4.78, 5) is 34.8. The first-order valence-corrected chi connectivity index (χ1v) is 8.95. The van der Waals surface area contributed by atoms with Gasteiger partial charge in [-0.05, 0) is 25.7 Å². The molecule has 0 atom stereocenters. The van der Waals surface area contributed by atoms with Gasteiger partial charge in [0, 0.05) is 31.3 Å². The van der Waals surface area contributed by atoms with Gasteiger partial charge >= 0.3 is 0 Å². The van der Waals surface area contributed by atoms with E-state index in [2.05, 4.69) is 17.2 Å². The molecular weight excluding hydrogens is 324 g/mol. The lowest BCUT2D eigenvalue weighted by Gasteiger charge is -2.28. The van der Waals surface area contributed by atoms with Gasteiger partial charge in [-0.15, -0.1) is 0 Å². The van der Waals surface area contributed by atoms with Crippen molar-refractivity contribution in [3.63, 3.8) is 0 Å². The lowest BCUT2D eigenvalue weighted by atomic mass is 9.83. The molecule has 142 valence electrons. The summed E-state index contributed by atoms with van der Waals surface area (Å²) < 4.78 is 10.1. The fourth-order valence-corrected chi connectivity index (χ4v) is 2.86. The molecule has 0 aromatic carbocycles. The maximum absolute atomic E-state index is 11.9. The van der Waals surface area contributed by atoms with E-state index in [1.807, 2.05) is 6.92 Å². The van der Waals surface area contributed by atoms with Gasteiger partial charge in [0.1, 0.15) is 5.78 Å². The van der Waals surface area contributed by atoms with Gasteiger partial charge < -0.3 is 20.1 Å². The summed E-state index contributed by atoms with van der Waals surface area (Å²) in [6.07, 6.45) is 5.56. The molecule has 0 heterocycles. The van der Waals surface area contributed by atoms with E-state index in [0.29, 0.717) is 38.4 Å². The molecule has 1 aliphatic rings. The highest BCUT2D eigenvalue weighted by molar-refractivity contribution is 5.81. The van der Waals surface area contributed by atoms with Gasteiger partial charge in [-0.1, -0.05) is 13.5 Å². The minimum Gasteiger partial charge on any atom is -0.492 e. The number of carbonyl (C=O) groups excluding carboxylic acids is 3. The summed E-state index contributed by atoms with van der Waals surface area (Å²) in [5.74, 6) is 0.238. The lowest BCUT2D eigenvalue weighted by Crippen LogP contribution is -2.39. The van der Waals surface area contributed by atoms with E-state index in [4.69, 9.17) is 9.47 Å². The zero-order chi connectivity index (χ0) is 18.5.